The third-order valence-corrected chi connectivity index (χ3v) is 12.0. The Bertz CT molecular complexity index is 1410. The minimum absolute atomic E-state index is 0.0322. The number of allylic oxidation sites excluding steroid dienone is 1. The highest BCUT2D eigenvalue weighted by Crippen LogP contribution is 2.36. The fourth-order valence-corrected chi connectivity index (χ4v) is 9.63. The van der Waals surface area contributed by atoms with E-state index in [1.54, 1.807) is 12.2 Å². The number of rotatable bonds is 19. The van der Waals surface area contributed by atoms with Gasteiger partial charge >= 0.3 is 6.03 Å². The molecule has 0 bridgehead atoms. The van der Waals surface area contributed by atoms with Gasteiger partial charge in [-0.3, -0.25) is 19.2 Å². The molecule has 0 radical (unpaired) electrons. The van der Waals surface area contributed by atoms with Gasteiger partial charge in [0.1, 0.15) is 12.1 Å². The quantitative estimate of drug-likeness (QED) is 0.0793. The molecule has 12 nitrogen and oxygen atoms in total. The van der Waals surface area contributed by atoms with Crippen molar-refractivity contribution in [1.29, 1.82) is 0 Å². The summed E-state index contributed by atoms with van der Waals surface area (Å²) in [4.78, 5) is 69.9. The summed E-state index contributed by atoms with van der Waals surface area (Å²) in [5.74, 6) is -2.48. The van der Waals surface area contributed by atoms with Crippen LogP contribution in [0.2, 0.25) is 0 Å². The number of urea groups is 1. The van der Waals surface area contributed by atoms with Gasteiger partial charge in [-0.15, -0.1) is 13.2 Å². The summed E-state index contributed by atoms with van der Waals surface area (Å²) in [6, 6.07) is -3.74. The van der Waals surface area contributed by atoms with Crippen LogP contribution in [0.5, 0.6) is 0 Å². The van der Waals surface area contributed by atoms with E-state index in [4.69, 9.17) is 0 Å². The molecule has 1 aliphatic carbocycles. The normalized spacial score (nSPS) is 20.2. The second-order valence-electron chi connectivity index (χ2n) is 18.0. The lowest BCUT2D eigenvalue weighted by Crippen LogP contribution is -2.63. The predicted molar refractivity (Wildman–Crippen MR) is 211 cm³/mol. The SMILES string of the molecule is C=CCCNC(=O)C(=O)C(CCC=C)NC(=O)[C@@H]1CC(CC(C)(C)C)CN1C(=O)[C@@H](NC(=O)NC1(CS(=O)(=O)CCC(C)C)CCCCC1)C(C)(C)C. The van der Waals surface area contributed by atoms with E-state index in [0.717, 1.165) is 25.7 Å². The van der Waals surface area contributed by atoms with Crippen molar-refractivity contribution in [1.82, 2.24) is 26.2 Å². The molecule has 5 amide bonds. The van der Waals surface area contributed by atoms with Crippen LogP contribution in [-0.4, -0.2) is 91.1 Å². The maximum Gasteiger partial charge on any atom is 0.315 e. The molecule has 0 spiro atoms. The second-order valence-corrected chi connectivity index (χ2v) is 20.2. The molecular weight excluding hydrogens is 695 g/mol. The van der Waals surface area contributed by atoms with Crippen molar-refractivity contribution >= 4 is 39.4 Å². The Hall–Kier alpha value is -3.22. The topological polar surface area (TPSA) is 171 Å². The molecule has 13 heteroatoms. The Morgan fingerprint density at radius 2 is 1.53 bits per heavy atom. The van der Waals surface area contributed by atoms with Crippen molar-refractivity contribution in [3.8, 4) is 0 Å². The number of nitrogens with zero attached hydrogens (tertiary/aromatic N) is 1. The standard InChI is InChI=1S/C40H69N5O7S/c1-11-13-18-30(32(46)35(48)41-22-14-12-2)42-34(47)31-24-29(25-38(5,6)7)26-45(31)36(49)33(39(8,9)10)43-37(50)44-40(20-16-15-17-21-40)27-53(51,52)23-19-28(3)4/h11-12,28-31,33H,1-2,13-27H2,3-10H3,(H,41,48)(H,42,47)(H2,43,44,50)/t29?,30?,31-,33+/m0/s1. The molecule has 2 rings (SSSR count). The van der Waals surface area contributed by atoms with Gasteiger partial charge < -0.3 is 26.2 Å². The van der Waals surface area contributed by atoms with Crippen molar-refractivity contribution in [2.75, 3.05) is 24.6 Å². The number of sulfone groups is 1. The van der Waals surface area contributed by atoms with Crippen molar-refractivity contribution in [2.24, 2.45) is 22.7 Å². The Labute approximate surface area is 319 Å². The van der Waals surface area contributed by atoms with E-state index in [-0.39, 0.29) is 48.3 Å². The van der Waals surface area contributed by atoms with Gasteiger partial charge in [0.25, 0.3) is 5.91 Å². The number of carbonyl (C=O) groups excluding carboxylic acids is 5. The largest absolute Gasteiger partial charge is 0.349 e. The van der Waals surface area contributed by atoms with Gasteiger partial charge in [-0.25, -0.2) is 13.2 Å². The number of likely N-dealkylation sites (tertiary alicyclic amines) is 1. The molecule has 1 aliphatic heterocycles. The van der Waals surface area contributed by atoms with E-state index in [0.29, 0.717) is 38.5 Å². The Morgan fingerprint density at radius 1 is 0.906 bits per heavy atom. The summed E-state index contributed by atoms with van der Waals surface area (Å²) >= 11 is 0. The number of amides is 5. The van der Waals surface area contributed by atoms with Gasteiger partial charge in [0.15, 0.2) is 9.84 Å². The smallest absolute Gasteiger partial charge is 0.315 e. The first kappa shape index (κ1) is 45.9. The fraction of sp³-hybridized carbons (Fsp3) is 0.775. The minimum Gasteiger partial charge on any atom is -0.349 e. The summed E-state index contributed by atoms with van der Waals surface area (Å²) in [6.07, 6.45) is 9.45. The van der Waals surface area contributed by atoms with E-state index < -0.39 is 68.5 Å². The molecule has 302 valence electrons. The lowest BCUT2D eigenvalue weighted by molar-refractivity contribution is -0.143. The number of ketones is 1. The van der Waals surface area contributed by atoms with Gasteiger partial charge in [-0.05, 0) is 74.0 Å². The van der Waals surface area contributed by atoms with Gasteiger partial charge in [-0.2, -0.15) is 0 Å². The Balaban J connectivity index is 2.39. The highest BCUT2D eigenvalue weighted by molar-refractivity contribution is 7.91. The van der Waals surface area contributed by atoms with Crippen LogP contribution < -0.4 is 21.3 Å². The lowest BCUT2D eigenvalue weighted by Gasteiger charge is -2.40. The van der Waals surface area contributed by atoms with E-state index in [1.165, 1.54) is 4.90 Å². The van der Waals surface area contributed by atoms with Crippen molar-refractivity contribution in [3.05, 3.63) is 25.3 Å². The first-order valence-corrected chi connectivity index (χ1v) is 21.3. The molecule has 1 saturated carbocycles. The van der Waals surface area contributed by atoms with Gasteiger partial charge in [-0.1, -0.05) is 86.8 Å². The molecule has 2 aliphatic rings. The van der Waals surface area contributed by atoms with Crippen LogP contribution in [0, 0.1) is 22.7 Å². The Kier molecular flexibility index (Phi) is 17.3. The number of nitrogens with one attached hydrogen (secondary N) is 4. The number of carbonyl (C=O) groups is 5. The maximum atomic E-state index is 14.6. The van der Waals surface area contributed by atoms with Crippen molar-refractivity contribution in [2.45, 2.75) is 150 Å². The molecule has 53 heavy (non-hydrogen) atoms. The molecule has 2 fully saturated rings. The number of Topliss-reactive ketones (excluding diaryl/α,β-unsaturated/α-hetero) is 1. The first-order valence-electron chi connectivity index (χ1n) is 19.5. The first-order chi connectivity index (χ1) is 24.5. The van der Waals surface area contributed by atoms with Crippen molar-refractivity contribution in [3.63, 3.8) is 0 Å². The number of hydrogen-bond acceptors (Lipinski definition) is 7. The molecular formula is C40H69N5O7S. The molecule has 4 atom stereocenters. The third-order valence-electron chi connectivity index (χ3n) is 10.1. The van der Waals surface area contributed by atoms with Gasteiger partial charge in [0.2, 0.25) is 17.6 Å². The van der Waals surface area contributed by atoms with Crippen LogP contribution in [0.15, 0.2) is 25.3 Å². The molecule has 2 unspecified atom stereocenters. The highest BCUT2D eigenvalue weighted by Gasteiger charge is 2.47. The molecule has 0 aromatic heterocycles. The van der Waals surface area contributed by atoms with Gasteiger partial charge in [0.05, 0.1) is 23.1 Å². The van der Waals surface area contributed by atoms with E-state index in [2.05, 4.69) is 55.2 Å². The molecule has 0 aromatic carbocycles. The zero-order valence-electron chi connectivity index (χ0n) is 33.8. The monoisotopic (exact) mass is 763 g/mol. The van der Waals surface area contributed by atoms with Crippen LogP contribution in [0.3, 0.4) is 0 Å². The maximum absolute atomic E-state index is 14.6. The minimum atomic E-state index is -3.46. The molecule has 1 saturated heterocycles. The van der Waals surface area contributed by atoms with Crippen LogP contribution in [0.4, 0.5) is 4.79 Å². The molecule has 1 heterocycles. The van der Waals surface area contributed by atoms with E-state index in [9.17, 15) is 32.4 Å². The molecule has 0 aromatic rings. The predicted octanol–water partition coefficient (Wildman–Crippen LogP) is 5.23. The average Bonchev–Trinajstić information content (AvgIpc) is 3.46. The van der Waals surface area contributed by atoms with Crippen molar-refractivity contribution < 1.29 is 32.4 Å². The van der Waals surface area contributed by atoms with Crippen LogP contribution in [0.1, 0.15) is 126 Å². The highest BCUT2D eigenvalue weighted by atomic mass is 32.2. The summed E-state index contributed by atoms with van der Waals surface area (Å²) in [7, 11) is -3.46. The summed E-state index contributed by atoms with van der Waals surface area (Å²) in [5, 5.41) is 11.3. The summed E-state index contributed by atoms with van der Waals surface area (Å²) in [5.41, 5.74) is -1.82. The van der Waals surface area contributed by atoms with E-state index >= 15 is 0 Å². The summed E-state index contributed by atoms with van der Waals surface area (Å²) in [6.45, 7) is 23.6. The van der Waals surface area contributed by atoms with E-state index in [1.807, 2.05) is 34.6 Å². The fourth-order valence-electron chi connectivity index (χ4n) is 7.45. The van der Waals surface area contributed by atoms with Crippen LogP contribution in [0.25, 0.3) is 0 Å². The Morgan fingerprint density at radius 3 is 2.08 bits per heavy atom. The average molecular weight is 764 g/mol. The molecule has 4 N–H and O–H groups in total. The number of hydrogen-bond donors (Lipinski definition) is 4. The van der Waals surface area contributed by atoms with Crippen LogP contribution >= 0.6 is 0 Å². The third kappa shape index (κ3) is 15.2. The van der Waals surface area contributed by atoms with Crippen LogP contribution in [-0.2, 0) is 29.0 Å². The van der Waals surface area contributed by atoms with Gasteiger partial charge in [0, 0.05) is 13.1 Å². The lowest BCUT2D eigenvalue weighted by atomic mass is 9.83. The zero-order valence-corrected chi connectivity index (χ0v) is 34.6. The second kappa shape index (κ2) is 19.9. The summed E-state index contributed by atoms with van der Waals surface area (Å²) < 4.78 is 26.5. The zero-order chi connectivity index (χ0) is 40.2.